The monoisotopic (exact) mass is 272 g/mol. The fourth-order valence-corrected chi connectivity index (χ4v) is 1.68. The lowest BCUT2D eigenvalue weighted by molar-refractivity contribution is 0.301. The summed E-state index contributed by atoms with van der Waals surface area (Å²) in [6.45, 7) is 3.33. The van der Waals surface area contributed by atoms with Crippen molar-refractivity contribution in [3.63, 3.8) is 0 Å². The summed E-state index contributed by atoms with van der Waals surface area (Å²) in [5.41, 5.74) is 1.04. The van der Waals surface area contributed by atoms with E-state index in [1.807, 2.05) is 49.6 Å². The van der Waals surface area contributed by atoms with E-state index in [0.717, 1.165) is 35.9 Å². The lowest BCUT2D eigenvalue weighted by atomic mass is 10.3. The first-order valence-electron chi connectivity index (χ1n) is 6.80. The maximum Gasteiger partial charge on any atom is 0.125 e. The minimum absolute atomic E-state index is 0.506. The summed E-state index contributed by atoms with van der Waals surface area (Å²) in [7, 11) is 1.85. The van der Waals surface area contributed by atoms with E-state index in [4.69, 9.17) is 9.47 Å². The number of pyridine rings is 1. The van der Waals surface area contributed by atoms with Gasteiger partial charge in [0.1, 0.15) is 23.9 Å². The molecule has 2 aromatic rings. The van der Waals surface area contributed by atoms with Gasteiger partial charge in [0, 0.05) is 18.8 Å². The summed E-state index contributed by atoms with van der Waals surface area (Å²) in [5.74, 6) is 2.55. The third-order valence-electron chi connectivity index (χ3n) is 2.78. The number of ether oxygens (including phenoxy) is 2. The Balaban J connectivity index is 1.86. The van der Waals surface area contributed by atoms with Crippen molar-refractivity contribution < 1.29 is 9.47 Å². The molecular weight excluding hydrogens is 252 g/mol. The molecule has 4 heteroatoms. The first-order valence-corrected chi connectivity index (χ1v) is 6.80. The largest absolute Gasteiger partial charge is 0.494 e. The molecule has 0 fully saturated rings. The number of nitrogens with one attached hydrogen (secondary N) is 1. The van der Waals surface area contributed by atoms with Gasteiger partial charge in [-0.2, -0.15) is 0 Å². The van der Waals surface area contributed by atoms with Crippen LogP contribution in [0.4, 0.5) is 5.82 Å². The fourth-order valence-electron chi connectivity index (χ4n) is 1.68. The van der Waals surface area contributed by atoms with Crippen molar-refractivity contribution in [2.45, 2.75) is 20.0 Å². The van der Waals surface area contributed by atoms with Crippen molar-refractivity contribution >= 4 is 5.82 Å². The van der Waals surface area contributed by atoms with Gasteiger partial charge in [0.05, 0.1) is 6.61 Å². The van der Waals surface area contributed by atoms with Gasteiger partial charge in [-0.05, 0) is 36.8 Å². The summed E-state index contributed by atoms with van der Waals surface area (Å²) < 4.78 is 11.2. The highest BCUT2D eigenvalue weighted by Gasteiger charge is 1.98. The number of hydrogen-bond donors (Lipinski definition) is 1. The Hall–Kier alpha value is -2.23. The average molecular weight is 272 g/mol. The molecule has 0 amide bonds. The van der Waals surface area contributed by atoms with Crippen molar-refractivity contribution in [3.8, 4) is 11.5 Å². The normalized spacial score (nSPS) is 10.1. The number of aromatic nitrogens is 1. The van der Waals surface area contributed by atoms with Gasteiger partial charge in [-0.1, -0.05) is 13.0 Å². The Bertz CT molecular complexity index is 509. The minimum atomic E-state index is 0.506. The molecule has 2 rings (SSSR count). The Kier molecular flexibility index (Phi) is 5.24. The van der Waals surface area contributed by atoms with Gasteiger partial charge in [-0.15, -0.1) is 0 Å². The summed E-state index contributed by atoms with van der Waals surface area (Å²) in [6, 6.07) is 11.6. The predicted molar refractivity (Wildman–Crippen MR) is 80.3 cm³/mol. The molecule has 0 spiro atoms. The molecule has 106 valence electrons. The molecule has 0 bridgehead atoms. The van der Waals surface area contributed by atoms with Crippen molar-refractivity contribution in [2.24, 2.45) is 0 Å². The second kappa shape index (κ2) is 7.38. The van der Waals surface area contributed by atoms with E-state index in [-0.39, 0.29) is 0 Å². The van der Waals surface area contributed by atoms with Crippen LogP contribution in [0.25, 0.3) is 0 Å². The molecule has 1 N–H and O–H groups in total. The Labute approximate surface area is 119 Å². The average Bonchev–Trinajstić information content (AvgIpc) is 2.52. The summed E-state index contributed by atoms with van der Waals surface area (Å²) in [4.78, 5) is 4.25. The zero-order chi connectivity index (χ0) is 14.2. The van der Waals surface area contributed by atoms with Crippen molar-refractivity contribution in [1.29, 1.82) is 0 Å². The minimum Gasteiger partial charge on any atom is -0.494 e. The number of anilines is 1. The highest BCUT2D eigenvalue weighted by molar-refractivity contribution is 5.35. The van der Waals surface area contributed by atoms with Crippen LogP contribution in [-0.2, 0) is 6.61 Å². The van der Waals surface area contributed by atoms with Crippen LogP contribution < -0.4 is 14.8 Å². The first kappa shape index (κ1) is 14.2. The Morgan fingerprint density at radius 3 is 2.25 bits per heavy atom. The Morgan fingerprint density at radius 2 is 1.70 bits per heavy atom. The number of nitrogens with zero attached hydrogens (tertiary/aromatic N) is 1. The molecule has 0 saturated carbocycles. The van der Waals surface area contributed by atoms with Crippen LogP contribution in [-0.4, -0.2) is 18.6 Å². The lowest BCUT2D eigenvalue weighted by Crippen LogP contribution is -1.98. The summed E-state index contributed by atoms with van der Waals surface area (Å²) in [5, 5.41) is 2.99. The van der Waals surface area contributed by atoms with Crippen LogP contribution in [0.2, 0.25) is 0 Å². The number of rotatable bonds is 7. The quantitative estimate of drug-likeness (QED) is 0.838. The van der Waals surface area contributed by atoms with Crippen molar-refractivity contribution in [2.75, 3.05) is 19.0 Å². The topological polar surface area (TPSA) is 43.4 Å². The smallest absolute Gasteiger partial charge is 0.125 e. The van der Waals surface area contributed by atoms with Gasteiger partial charge in [0.2, 0.25) is 0 Å². The third-order valence-corrected chi connectivity index (χ3v) is 2.78. The SMILES string of the molecule is CCCOc1ccc(OCc2ccc(NC)nc2)cc1. The Morgan fingerprint density at radius 1 is 1.00 bits per heavy atom. The fraction of sp³-hybridized carbons (Fsp3) is 0.312. The molecule has 0 aliphatic rings. The molecule has 20 heavy (non-hydrogen) atoms. The van der Waals surface area contributed by atoms with Gasteiger partial charge in [-0.3, -0.25) is 0 Å². The highest BCUT2D eigenvalue weighted by Crippen LogP contribution is 2.18. The predicted octanol–water partition coefficient (Wildman–Crippen LogP) is 3.49. The molecule has 1 heterocycles. The summed E-state index contributed by atoms with van der Waals surface area (Å²) in [6.07, 6.45) is 2.82. The van der Waals surface area contributed by atoms with Gasteiger partial charge in [-0.25, -0.2) is 4.98 Å². The standard InChI is InChI=1S/C16H20N2O2/c1-3-10-19-14-5-7-15(8-6-14)20-12-13-4-9-16(17-2)18-11-13/h4-9,11H,3,10,12H2,1-2H3,(H,17,18). The van der Waals surface area contributed by atoms with Crippen LogP contribution in [0.3, 0.4) is 0 Å². The van der Waals surface area contributed by atoms with Crippen LogP contribution in [0.5, 0.6) is 11.5 Å². The van der Waals surface area contributed by atoms with Gasteiger partial charge >= 0.3 is 0 Å². The molecular formula is C16H20N2O2. The zero-order valence-corrected chi connectivity index (χ0v) is 11.9. The van der Waals surface area contributed by atoms with Gasteiger partial charge in [0.25, 0.3) is 0 Å². The molecule has 0 aliphatic carbocycles. The molecule has 0 aliphatic heterocycles. The zero-order valence-electron chi connectivity index (χ0n) is 11.9. The van der Waals surface area contributed by atoms with E-state index in [2.05, 4.69) is 17.2 Å². The molecule has 1 aromatic heterocycles. The van der Waals surface area contributed by atoms with Crippen LogP contribution in [0.15, 0.2) is 42.6 Å². The third kappa shape index (κ3) is 4.16. The molecule has 0 atom stereocenters. The first-order chi connectivity index (χ1) is 9.81. The van der Waals surface area contributed by atoms with Crippen molar-refractivity contribution in [3.05, 3.63) is 48.2 Å². The molecule has 1 aromatic carbocycles. The second-order valence-electron chi connectivity index (χ2n) is 4.41. The van der Waals surface area contributed by atoms with Crippen LogP contribution >= 0.6 is 0 Å². The van der Waals surface area contributed by atoms with Crippen LogP contribution in [0, 0.1) is 0 Å². The van der Waals surface area contributed by atoms with E-state index in [0.29, 0.717) is 6.61 Å². The molecule has 4 nitrogen and oxygen atoms in total. The van der Waals surface area contributed by atoms with Gasteiger partial charge in [0.15, 0.2) is 0 Å². The highest BCUT2D eigenvalue weighted by atomic mass is 16.5. The lowest BCUT2D eigenvalue weighted by Gasteiger charge is -2.08. The second-order valence-corrected chi connectivity index (χ2v) is 4.41. The molecule has 0 unspecified atom stereocenters. The van der Waals surface area contributed by atoms with E-state index in [9.17, 15) is 0 Å². The van der Waals surface area contributed by atoms with E-state index in [1.165, 1.54) is 0 Å². The van der Waals surface area contributed by atoms with E-state index < -0.39 is 0 Å². The van der Waals surface area contributed by atoms with E-state index in [1.54, 1.807) is 0 Å². The maximum atomic E-state index is 5.71. The number of hydrogen-bond acceptors (Lipinski definition) is 4. The number of benzene rings is 1. The molecule has 0 saturated heterocycles. The maximum absolute atomic E-state index is 5.71. The molecule has 0 radical (unpaired) electrons. The van der Waals surface area contributed by atoms with Gasteiger partial charge < -0.3 is 14.8 Å². The summed E-state index contributed by atoms with van der Waals surface area (Å²) >= 11 is 0. The van der Waals surface area contributed by atoms with E-state index >= 15 is 0 Å². The van der Waals surface area contributed by atoms with Crippen LogP contribution in [0.1, 0.15) is 18.9 Å². The van der Waals surface area contributed by atoms with Crippen molar-refractivity contribution in [1.82, 2.24) is 4.98 Å².